The Morgan fingerprint density at radius 1 is 1.21 bits per heavy atom. The van der Waals surface area contributed by atoms with Crippen molar-refractivity contribution < 1.29 is 0 Å². The minimum atomic E-state index is 0. The van der Waals surface area contributed by atoms with Gasteiger partial charge in [-0.05, 0) is 39.1 Å². The Bertz CT molecular complexity index is 562. The highest BCUT2D eigenvalue weighted by Crippen LogP contribution is 2.27. The number of nitrogens with zero attached hydrogens (tertiary/aromatic N) is 4. The quantitative estimate of drug-likeness (QED) is 0.440. The van der Waals surface area contributed by atoms with Gasteiger partial charge in [0.2, 0.25) is 0 Å². The molecule has 0 saturated carbocycles. The van der Waals surface area contributed by atoms with Crippen LogP contribution in [0.4, 0.5) is 5.69 Å². The third-order valence-corrected chi connectivity index (χ3v) is 4.91. The summed E-state index contributed by atoms with van der Waals surface area (Å²) >= 11 is 0. The molecule has 1 aromatic rings. The zero-order valence-corrected chi connectivity index (χ0v) is 17.4. The number of rotatable bonds is 3. The lowest BCUT2D eigenvalue weighted by Gasteiger charge is -2.37. The Labute approximate surface area is 163 Å². The van der Waals surface area contributed by atoms with E-state index in [1.807, 2.05) is 0 Å². The van der Waals surface area contributed by atoms with Gasteiger partial charge in [-0.1, -0.05) is 18.2 Å². The van der Waals surface area contributed by atoms with Crippen LogP contribution in [0.25, 0.3) is 0 Å². The second kappa shape index (κ2) is 9.01. The minimum Gasteiger partial charge on any atom is -0.356 e. The van der Waals surface area contributed by atoms with Gasteiger partial charge < -0.3 is 15.1 Å². The highest BCUT2D eigenvalue weighted by atomic mass is 127. The van der Waals surface area contributed by atoms with E-state index in [2.05, 4.69) is 65.3 Å². The van der Waals surface area contributed by atoms with E-state index in [1.54, 1.807) is 0 Å². The average Bonchev–Trinajstić information content (AvgIpc) is 2.98. The van der Waals surface area contributed by atoms with Crippen LogP contribution in [-0.4, -0.2) is 75.2 Å². The third kappa shape index (κ3) is 4.40. The number of hydrogen-bond acceptors (Lipinski definition) is 3. The van der Waals surface area contributed by atoms with E-state index in [9.17, 15) is 0 Å². The molecule has 5 nitrogen and oxygen atoms in total. The van der Waals surface area contributed by atoms with Gasteiger partial charge in [0.15, 0.2) is 5.96 Å². The van der Waals surface area contributed by atoms with Gasteiger partial charge in [-0.15, -0.1) is 24.0 Å². The predicted molar refractivity (Wildman–Crippen MR) is 113 cm³/mol. The number of likely N-dealkylation sites (N-methyl/N-ethyl adjacent to an activating group) is 2. The summed E-state index contributed by atoms with van der Waals surface area (Å²) < 4.78 is 0. The molecular formula is C18H30IN5. The summed E-state index contributed by atoms with van der Waals surface area (Å²) in [6, 6.07) is 9.17. The van der Waals surface area contributed by atoms with Crippen molar-refractivity contribution in [2.45, 2.75) is 19.4 Å². The van der Waals surface area contributed by atoms with Crippen LogP contribution < -0.4 is 10.2 Å². The summed E-state index contributed by atoms with van der Waals surface area (Å²) in [5, 5.41) is 3.47. The Balaban J connectivity index is 0.00000208. The van der Waals surface area contributed by atoms with E-state index in [1.165, 1.54) is 11.3 Å². The predicted octanol–water partition coefficient (Wildman–Crippen LogP) is 1.88. The Morgan fingerprint density at radius 2 is 2.00 bits per heavy atom. The van der Waals surface area contributed by atoms with Crippen molar-refractivity contribution in [1.82, 2.24) is 15.1 Å². The fourth-order valence-electron chi connectivity index (χ4n) is 3.44. The highest BCUT2D eigenvalue weighted by molar-refractivity contribution is 14.0. The molecular weight excluding hydrogens is 413 g/mol. The maximum atomic E-state index is 4.97. The molecule has 1 N–H and O–H groups in total. The largest absolute Gasteiger partial charge is 0.356 e. The molecule has 3 rings (SSSR count). The number of aliphatic imine (C=N–C) groups is 1. The van der Waals surface area contributed by atoms with E-state index in [0.717, 1.165) is 51.6 Å². The van der Waals surface area contributed by atoms with Crippen LogP contribution in [0.15, 0.2) is 29.3 Å². The van der Waals surface area contributed by atoms with Crippen LogP contribution in [-0.2, 0) is 6.42 Å². The zero-order chi connectivity index (χ0) is 16.2. The molecule has 6 heteroatoms. The summed E-state index contributed by atoms with van der Waals surface area (Å²) in [6.07, 6.45) is 1.10. The zero-order valence-electron chi connectivity index (χ0n) is 15.0. The number of para-hydroxylation sites is 1. The van der Waals surface area contributed by atoms with Crippen LogP contribution >= 0.6 is 24.0 Å². The monoisotopic (exact) mass is 443 g/mol. The highest BCUT2D eigenvalue weighted by Gasteiger charge is 2.25. The molecule has 2 aliphatic rings. The van der Waals surface area contributed by atoms with Gasteiger partial charge in [0.1, 0.15) is 0 Å². The van der Waals surface area contributed by atoms with Crippen molar-refractivity contribution in [2.24, 2.45) is 4.99 Å². The fraction of sp³-hybridized carbons (Fsp3) is 0.611. The van der Waals surface area contributed by atoms with Crippen LogP contribution in [0.5, 0.6) is 0 Å². The van der Waals surface area contributed by atoms with Gasteiger partial charge in [-0.2, -0.15) is 0 Å². The van der Waals surface area contributed by atoms with Gasteiger partial charge in [-0.25, -0.2) is 0 Å². The van der Waals surface area contributed by atoms with Gasteiger partial charge in [0.05, 0.1) is 6.54 Å². The molecule has 134 valence electrons. The van der Waals surface area contributed by atoms with E-state index >= 15 is 0 Å². The number of anilines is 1. The van der Waals surface area contributed by atoms with Crippen LogP contribution in [0.2, 0.25) is 0 Å². The lowest BCUT2D eigenvalue weighted by atomic mass is 10.2. The number of piperazine rings is 1. The molecule has 1 atom stereocenters. The molecule has 2 aliphatic heterocycles. The van der Waals surface area contributed by atoms with Gasteiger partial charge in [0.25, 0.3) is 0 Å². The van der Waals surface area contributed by atoms with E-state index < -0.39 is 0 Å². The summed E-state index contributed by atoms with van der Waals surface area (Å²) in [6.45, 7) is 8.27. The van der Waals surface area contributed by atoms with Gasteiger partial charge in [-0.3, -0.25) is 9.89 Å². The maximum absolute atomic E-state index is 4.97. The van der Waals surface area contributed by atoms with Crippen molar-refractivity contribution in [1.29, 1.82) is 0 Å². The SMILES string of the molecule is CCNC(=NCC1CN(C)CCN1C)N1CCc2ccccc21.I. The molecule has 0 aliphatic carbocycles. The van der Waals surface area contributed by atoms with E-state index in [-0.39, 0.29) is 24.0 Å². The molecule has 1 aromatic carbocycles. The average molecular weight is 443 g/mol. The molecule has 1 fully saturated rings. The molecule has 24 heavy (non-hydrogen) atoms. The van der Waals surface area contributed by atoms with Gasteiger partial charge in [0, 0.05) is 44.5 Å². The molecule has 0 spiro atoms. The molecule has 1 unspecified atom stereocenters. The molecule has 0 aromatic heterocycles. The second-order valence-electron chi connectivity index (χ2n) is 6.62. The summed E-state index contributed by atoms with van der Waals surface area (Å²) in [5.41, 5.74) is 2.73. The minimum absolute atomic E-state index is 0. The summed E-state index contributed by atoms with van der Waals surface area (Å²) in [4.78, 5) is 12.1. The molecule has 1 saturated heterocycles. The number of benzene rings is 1. The van der Waals surface area contributed by atoms with E-state index in [0.29, 0.717) is 6.04 Å². The first kappa shape index (κ1) is 19.5. The summed E-state index contributed by atoms with van der Waals surface area (Å²) in [5.74, 6) is 1.03. The lowest BCUT2D eigenvalue weighted by Crippen LogP contribution is -2.51. The number of halogens is 1. The second-order valence-corrected chi connectivity index (χ2v) is 6.62. The number of nitrogens with one attached hydrogen (secondary N) is 1. The van der Waals surface area contributed by atoms with Crippen LogP contribution in [0, 0.1) is 0 Å². The maximum Gasteiger partial charge on any atom is 0.198 e. The van der Waals surface area contributed by atoms with Gasteiger partial charge >= 0.3 is 0 Å². The first-order chi connectivity index (χ1) is 11.2. The van der Waals surface area contributed by atoms with Crippen molar-refractivity contribution >= 4 is 35.6 Å². The van der Waals surface area contributed by atoms with Crippen molar-refractivity contribution in [3.8, 4) is 0 Å². The Morgan fingerprint density at radius 3 is 2.79 bits per heavy atom. The van der Waals surface area contributed by atoms with E-state index in [4.69, 9.17) is 4.99 Å². The first-order valence-corrected chi connectivity index (χ1v) is 8.71. The number of hydrogen-bond donors (Lipinski definition) is 1. The normalized spacial score (nSPS) is 22.2. The lowest BCUT2D eigenvalue weighted by molar-refractivity contribution is 0.119. The topological polar surface area (TPSA) is 34.1 Å². The standard InChI is InChI=1S/C18H29N5.HI/c1-4-19-18(20-13-16-14-21(2)11-12-22(16)3)23-10-9-15-7-5-6-8-17(15)23;/h5-8,16H,4,9-14H2,1-3H3,(H,19,20);1H. The fourth-order valence-corrected chi connectivity index (χ4v) is 3.44. The smallest absolute Gasteiger partial charge is 0.198 e. The molecule has 0 amide bonds. The van der Waals surface area contributed by atoms with Crippen LogP contribution in [0.1, 0.15) is 12.5 Å². The Hall–Kier alpha value is -0.860. The molecule has 0 bridgehead atoms. The van der Waals surface area contributed by atoms with Crippen molar-refractivity contribution in [2.75, 3.05) is 58.3 Å². The Kier molecular flexibility index (Phi) is 7.31. The molecule has 2 heterocycles. The number of fused-ring (bicyclic) bond motifs is 1. The van der Waals surface area contributed by atoms with Crippen molar-refractivity contribution in [3.63, 3.8) is 0 Å². The van der Waals surface area contributed by atoms with Crippen LogP contribution in [0.3, 0.4) is 0 Å². The third-order valence-electron chi connectivity index (χ3n) is 4.91. The number of guanidine groups is 1. The summed E-state index contributed by atoms with van der Waals surface area (Å²) in [7, 11) is 4.41. The van der Waals surface area contributed by atoms with Crippen molar-refractivity contribution in [3.05, 3.63) is 29.8 Å². The molecule has 0 radical (unpaired) electrons. The first-order valence-electron chi connectivity index (χ1n) is 8.71.